The van der Waals surface area contributed by atoms with Gasteiger partial charge in [0.2, 0.25) is 0 Å². The van der Waals surface area contributed by atoms with Crippen molar-refractivity contribution >= 4 is 28.1 Å². The van der Waals surface area contributed by atoms with E-state index in [1.807, 2.05) is 36.4 Å². The molecule has 0 amide bonds. The Kier molecular flexibility index (Phi) is 6.76. The molecule has 0 aliphatic heterocycles. The molecule has 0 bridgehead atoms. The maximum absolute atomic E-state index is 9.47. The number of benzene rings is 2. The van der Waals surface area contributed by atoms with Gasteiger partial charge in [-0.2, -0.15) is 0 Å². The third-order valence-electron chi connectivity index (χ3n) is 3.51. The van der Waals surface area contributed by atoms with E-state index in [2.05, 4.69) is 57.2 Å². The molecule has 1 heterocycles. The maximum Gasteiger partial charge on any atom is 0.173 e. The molecule has 1 aromatic heterocycles. The zero-order valence-electron chi connectivity index (χ0n) is 12.9. The van der Waals surface area contributed by atoms with Crippen LogP contribution >= 0.6 is 15.9 Å². The zero-order chi connectivity index (χ0) is 16.1. The van der Waals surface area contributed by atoms with E-state index in [9.17, 15) is 5.11 Å². The maximum atomic E-state index is 9.47. The van der Waals surface area contributed by atoms with Gasteiger partial charge in [0.25, 0.3) is 0 Å². The molecule has 2 nitrogen and oxygen atoms in total. The number of aromatic hydroxyl groups is 1. The third kappa shape index (κ3) is 5.32. The van der Waals surface area contributed by atoms with Crippen molar-refractivity contribution in [1.29, 1.82) is 0 Å². The average Bonchev–Trinajstić information content (AvgIpc) is 2.54. The SMILES string of the molecule is Oc1cccc(/C=C/c2cc[n+](Cc3cccc(Br)c3)cc2)c1.[Br-]. The van der Waals surface area contributed by atoms with Crippen molar-refractivity contribution in [2.24, 2.45) is 0 Å². The lowest BCUT2D eigenvalue weighted by atomic mass is 10.1. The molecule has 0 fully saturated rings. The van der Waals surface area contributed by atoms with Crippen LogP contribution in [0.5, 0.6) is 5.75 Å². The van der Waals surface area contributed by atoms with Crippen molar-refractivity contribution < 1.29 is 26.7 Å². The molecule has 2 aromatic carbocycles. The average molecular weight is 447 g/mol. The van der Waals surface area contributed by atoms with Gasteiger partial charge in [-0.05, 0) is 35.4 Å². The van der Waals surface area contributed by atoms with Crippen molar-refractivity contribution in [2.75, 3.05) is 0 Å². The van der Waals surface area contributed by atoms with Crippen LogP contribution in [0, 0.1) is 0 Å². The Morgan fingerprint density at radius 3 is 2.29 bits per heavy atom. The second kappa shape index (κ2) is 8.81. The van der Waals surface area contributed by atoms with Crippen LogP contribution in [0.15, 0.2) is 77.5 Å². The van der Waals surface area contributed by atoms with Gasteiger partial charge in [0.05, 0.1) is 0 Å². The van der Waals surface area contributed by atoms with Gasteiger partial charge in [-0.3, -0.25) is 0 Å². The van der Waals surface area contributed by atoms with Gasteiger partial charge in [0, 0.05) is 22.2 Å². The zero-order valence-corrected chi connectivity index (χ0v) is 16.1. The number of halogens is 2. The molecule has 4 heteroatoms. The first-order valence-electron chi connectivity index (χ1n) is 7.40. The first-order valence-corrected chi connectivity index (χ1v) is 8.19. The highest BCUT2D eigenvalue weighted by molar-refractivity contribution is 9.10. The van der Waals surface area contributed by atoms with E-state index < -0.39 is 0 Å². The molecule has 122 valence electrons. The molecule has 0 saturated carbocycles. The van der Waals surface area contributed by atoms with Gasteiger partial charge in [-0.15, -0.1) is 0 Å². The predicted molar refractivity (Wildman–Crippen MR) is 96.9 cm³/mol. The molecular formula is C20H17Br2NO. The van der Waals surface area contributed by atoms with Gasteiger partial charge in [-0.25, -0.2) is 4.57 Å². The minimum absolute atomic E-state index is 0. The van der Waals surface area contributed by atoms with Crippen LogP contribution in [0.4, 0.5) is 0 Å². The van der Waals surface area contributed by atoms with Gasteiger partial charge < -0.3 is 22.1 Å². The summed E-state index contributed by atoms with van der Waals surface area (Å²) in [5.74, 6) is 0.284. The minimum atomic E-state index is 0. The molecule has 0 aliphatic rings. The monoisotopic (exact) mass is 445 g/mol. The number of phenols is 1. The Bertz CT molecular complexity index is 829. The first kappa shape index (κ1) is 18.4. The quantitative estimate of drug-likeness (QED) is 0.605. The van der Waals surface area contributed by atoms with Crippen LogP contribution in [-0.2, 0) is 6.54 Å². The minimum Gasteiger partial charge on any atom is -1.00 e. The molecular weight excluding hydrogens is 430 g/mol. The number of hydrogen-bond donors (Lipinski definition) is 1. The summed E-state index contributed by atoms with van der Waals surface area (Å²) in [5.41, 5.74) is 3.36. The molecule has 3 aromatic rings. The summed E-state index contributed by atoms with van der Waals surface area (Å²) in [6.45, 7) is 0.843. The van der Waals surface area contributed by atoms with E-state index in [-0.39, 0.29) is 22.7 Å². The van der Waals surface area contributed by atoms with Crippen molar-refractivity contribution in [3.8, 4) is 5.75 Å². The lowest BCUT2D eigenvalue weighted by molar-refractivity contribution is -0.688. The standard InChI is InChI=1S/C20H16BrNO.BrH/c21-19-5-1-4-18(13-19)15-22-11-9-16(10-12-22)7-8-17-3-2-6-20(23)14-17;/h1-14H,15H2;1H/b8-7+;. The molecule has 0 aliphatic carbocycles. The molecule has 0 saturated heterocycles. The van der Waals surface area contributed by atoms with Crippen LogP contribution in [-0.4, -0.2) is 5.11 Å². The molecule has 0 unspecified atom stereocenters. The summed E-state index contributed by atoms with van der Waals surface area (Å²) < 4.78 is 3.24. The van der Waals surface area contributed by atoms with Gasteiger partial charge in [0.1, 0.15) is 5.75 Å². The fourth-order valence-electron chi connectivity index (χ4n) is 2.35. The van der Waals surface area contributed by atoms with Gasteiger partial charge in [0.15, 0.2) is 18.9 Å². The van der Waals surface area contributed by atoms with E-state index in [4.69, 9.17) is 0 Å². The molecule has 3 rings (SSSR count). The van der Waals surface area contributed by atoms with Crippen LogP contribution in [0.1, 0.15) is 16.7 Å². The number of phenolic OH excluding ortho intramolecular Hbond substituents is 1. The van der Waals surface area contributed by atoms with Crippen molar-refractivity contribution in [3.63, 3.8) is 0 Å². The highest BCUT2D eigenvalue weighted by Crippen LogP contribution is 2.14. The number of pyridine rings is 1. The number of nitrogens with zero attached hydrogens (tertiary/aromatic N) is 1. The van der Waals surface area contributed by atoms with Crippen LogP contribution in [0.3, 0.4) is 0 Å². The van der Waals surface area contributed by atoms with E-state index in [1.165, 1.54) is 5.56 Å². The Labute approximate surface area is 161 Å². The molecule has 0 radical (unpaired) electrons. The number of hydrogen-bond acceptors (Lipinski definition) is 1. The molecule has 0 spiro atoms. The van der Waals surface area contributed by atoms with E-state index in [1.54, 1.807) is 12.1 Å². The summed E-state index contributed by atoms with van der Waals surface area (Å²) in [7, 11) is 0. The Balaban J connectivity index is 0.00000208. The predicted octanol–water partition coefficient (Wildman–Crippen LogP) is 1.66. The van der Waals surface area contributed by atoms with E-state index in [0.717, 1.165) is 22.1 Å². The highest BCUT2D eigenvalue weighted by Gasteiger charge is 2.02. The number of aromatic nitrogens is 1. The Morgan fingerprint density at radius 2 is 1.58 bits per heavy atom. The summed E-state index contributed by atoms with van der Waals surface area (Å²) in [6, 6.07) is 19.7. The van der Waals surface area contributed by atoms with Crippen LogP contribution < -0.4 is 21.5 Å². The highest BCUT2D eigenvalue weighted by atomic mass is 79.9. The van der Waals surface area contributed by atoms with Gasteiger partial charge >= 0.3 is 0 Å². The smallest absolute Gasteiger partial charge is 0.173 e. The van der Waals surface area contributed by atoms with Crippen molar-refractivity contribution in [1.82, 2.24) is 0 Å². The topological polar surface area (TPSA) is 24.1 Å². The third-order valence-corrected chi connectivity index (χ3v) is 4.00. The summed E-state index contributed by atoms with van der Waals surface area (Å²) >= 11 is 3.50. The second-order valence-corrected chi connectivity index (χ2v) is 6.28. The summed E-state index contributed by atoms with van der Waals surface area (Å²) in [6.07, 6.45) is 8.18. The van der Waals surface area contributed by atoms with Crippen molar-refractivity contribution in [3.05, 3.63) is 94.2 Å². The van der Waals surface area contributed by atoms with Gasteiger partial charge in [-0.1, -0.05) is 52.3 Å². The van der Waals surface area contributed by atoms with E-state index in [0.29, 0.717) is 0 Å². The molecule has 1 N–H and O–H groups in total. The first-order chi connectivity index (χ1) is 11.2. The fourth-order valence-corrected chi connectivity index (χ4v) is 2.80. The lowest BCUT2D eigenvalue weighted by Gasteiger charge is -1.99. The van der Waals surface area contributed by atoms with Crippen molar-refractivity contribution in [2.45, 2.75) is 6.54 Å². The lowest BCUT2D eigenvalue weighted by Crippen LogP contribution is -3.00. The largest absolute Gasteiger partial charge is 1.00 e. The fraction of sp³-hybridized carbons (Fsp3) is 0.0500. The second-order valence-electron chi connectivity index (χ2n) is 5.36. The van der Waals surface area contributed by atoms with Crippen LogP contribution in [0.25, 0.3) is 12.2 Å². The number of rotatable bonds is 4. The normalized spacial score (nSPS) is 10.5. The summed E-state index contributed by atoms with van der Waals surface area (Å²) in [5, 5.41) is 9.47. The summed E-state index contributed by atoms with van der Waals surface area (Å²) in [4.78, 5) is 0. The molecule has 0 atom stereocenters. The Hall–Kier alpha value is -1.91. The Morgan fingerprint density at radius 1 is 0.875 bits per heavy atom. The van der Waals surface area contributed by atoms with E-state index >= 15 is 0 Å². The van der Waals surface area contributed by atoms with Crippen LogP contribution in [0.2, 0.25) is 0 Å². The molecule has 24 heavy (non-hydrogen) atoms.